The summed E-state index contributed by atoms with van der Waals surface area (Å²) < 4.78 is 29.7. The third-order valence-corrected chi connectivity index (χ3v) is 7.68. The van der Waals surface area contributed by atoms with Crippen molar-refractivity contribution < 1.29 is 22.7 Å². The minimum Gasteiger partial charge on any atom is -0.465 e. The van der Waals surface area contributed by atoms with Crippen LogP contribution >= 0.6 is 0 Å². The molecular formula is C24H29NO5S. The van der Waals surface area contributed by atoms with E-state index in [1.165, 1.54) is 17.7 Å². The molecule has 0 aliphatic carbocycles. The predicted molar refractivity (Wildman–Crippen MR) is 118 cm³/mol. The van der Waals surface area contributed by atoms with Gasteiger partial charge in [-0.1, -0.05) is 42.5 Å². The van der Waals surface area contributed by atoms with Gasteiger partial charge in [0.15, 0.2) is 9.84 Å². The van der Waals surface area contributed by atoms with E-state index in [9.17, 15) is 18.0 Å². The summed E-state index contributed by atoms with van der Waals surface area (Å²) >= 11 is 0. The number of hydrogen-bond donors (Lipinski definition) is 0. The number of carbonyl (C=O) groups is 2. The Balaban J connectivity index is 1.44. The Morgan fingerprint density at radius 1 is 1.06 bits per heavy atom. The second kappa shape index (κ2) is 10.1. The number of hydrogen-bond acceptors (Lipinski definition) is 5. The smallest absolute Gasteiger partial charge is 0.310 e. The maximum Gasteiger partial charge on any atom is 0.310 e. The second-order valence-corrected chi connectivity index (χ2v) is 10.7. The van der Waals surface area contributed by atoms with Gasteiger partial charge in [0.2, 0.25) is 5.91 Å². The van der Waals surface area contributed by atoms with Crippen LogP contribution in [0.15, 0.2) is 59.5 Å². The van der Waals surface area contributed by atoms with E-state index in [1.807, 2.05) is 35.2 Å². The zero-order valence-electron chi connectivity index (χ0n) is 18.0. The van der Waals surface area contributed by atoms with Gasteiger partial charge in [0, 0.05) is 25.4 Å². The molecule has 3 rings (SSSR count). The van der Waals surface area contributed by atoms with Gasteiger partial charge in [-0.2, -0.15) is 0 Å². The first-order valence-electron chi connectivity index (χ1n) is 10.6. The van der Waals surface area contributed by atoms with Crippen molar-refractivity contribution in [2.45, 2.75) is 43.3 Å². The van der Waals surface area contributed by atoms with Gasteiger partial charge in [0.05, 0.1) is 23.2 Å². The number of sulfone groups is 1. The first kappa shape index (κ1) is 23.0. The number of nitrogens with zero attached hydrogens (tertiary/aromatic N) is 1. The van der Waals surface area contributed by atoms with E-state index in [-0.39, 0.29) is 35.7 Å². The first-order chi connectivity index (χ1) is 14.8. The summed E-state index contributed by atoms with van der Waals surface area (Å²) in [4.78, 5) is 26.5. The largest absolute Gasteiger partial charge is 0.465 e. The summed E-state index contributed by atoms with van der Waals surface area (Å²) in [5.74, 6) is -0.278. The van der Waals surface area contributed by atoms with E-state index in [0.29, 0.717) is 25.1 Å². The van der Waals surface area contributed by atoms with Crippen LogP contribution in [-0.4, -0.2) is 50.1 Å². The topological polar surface area (TPSA) is 80.7 Å². The molecule has 1 fully saturated rings. The van der Waals surface area contributed by atoms with Crippen LogP contribution in [0.1, 0.15) is 31.4 Å². The Bertz CT molecular complexity index is 1000. The Morgan fingerprint density at radius 3 is 2.39 bits per heavy atom. The van der Waals surface area contributed by atoms with Gasteiger partial charge in [-0.15, -0.1) is 0 Å². The molecule has 1 amide bonds. The number of carbonyl (C=O) groups excluding carboxylic acids is 2. The summed E-state index contributed by atoms with van der Waals surface area (Å²) in [6.45, 7) is 4.75. The summed E-state index contributed by atoms with van der Waals surface area (Å²) in [5.41, 5.74) is 1.89. The molecule has 0 radical (unpaired) electrons. The van der Waals surface area contributed by atoms with Gasteiger partial charge in [-0.05, 0) is 43.5 Å². The lowest BCUT2D eigenvalue weighted by Gasteiger charge is -2.16. The highest BCUT2D eigenvalue weighted by atomic mass is 32.2. The highest BCUT2D eigenvalue weighted by Gasteiger charge is 2.30. The van der Waals surface area contributed by atoms with Crippen LogP contribution in [0.2, 0.25) is 0 Å². The number of esters is 1. The highest BCUT2D eigenvalue weighted by molar-refractivity contribution is 7.92. The molecule has 1 aliphatic heterocycles. The van der Waals surface area contributed by atoms with Crippen LogP contribution < -0.4 is 0 Å². The zero-order valence-corrected chi connectivity index (χ0v) is 18.8. The molecule has 2 aromatic carbocycles. The van der Waals surface area contributed by atoms with Crippen LogP contribution in [0.4, 0.5) is 0 Å². The summed E-state index contributed by atoms with van der Waals surface area (Å²) in [6.07, 6.45) is 1.27. The van der Waals surface area contributed by atoms with Crippen molar-refractivity contribution in [3.8, 4) is 0 Å². The minimum absolute atomic E-state index is 0.00536. The van der Waals surface area contributed by atoms with Crippen LogP contribution in [-0.2, 0) is 37.0 Å². The van der Waals surface area contributed by atoms with Gasteiger partial charge in [0.25, 0.3) is 0 Å². The lowest BCUT2D eigenvalue weighted by molar-refractivity contribution is -0.144. The Labute approximate surface area is 184 Å². The Kier molecular flexibility index (Phi) is 7.49. The number of amides is 1. The average Bonchev–Trinajstić information content (AvgIpc) is 3.11. The van der Waals surface area contributed by atoms with Crippen molar-refractivity contribution in [2.75, 3.05) is 19.7 Å². The van der Waals surface area contributed by atoms with Crippen molar-refractivity contribution in [2.24, 2.45) is 5.92 Å². The quantitative estimate of drug-likeness (QED) is 0.557. The fraction of sp³-hybridized carbons (Fsp3) is 0.417. The number of likely N-dealkylation sites (tertiary alicyclic amines) is 1. The summed E-state index contributed by atoms with van der Waals surface area (Å²) in [6, 6.07) is 16.4. The molecule has 1 atom stereocenters. The molecule has 0 aromatic heterocycles. The molecule has 0 N–H and O–H groups in total. The normalized spacial score (nSPS) is 16.7. The third-order valence-electron chi connectivity index (χ3n) is 5.51. The van der Waals surface area contributed by atoms with Gasteiger partial charge >= 0.3 is 5.97 Å². The monoisotopic (exact) mass is 443 g/mol. The van der Waals surface area contributed by atoms with E-state index in [0.717, 1.165) is 6.42 Å². The first-order valence-corrected chi connectivity index (χ1v) is 12.1. The van der Waals surface area contributed by atoms with Gasteiger partial charge < -0.3 is 9.64 Å². The van der Waals surface area contributed by atoms with Crippen molar-refractivity contribution in [3.05, 3.63) is 65.7 Å². The fourth-order valence-corrected chi connectivity index (χ4v) is 4.65. The molecule has 0 bridgehead atoms. The number of ether oxygens (including phenoxy) is 1. The molecule has 31 heavy (non-hydrogen) atoms. The standard InChI is InChI=1S/C24H29NO5S/c1-18(2)31(28,29)22-10-8-20(9-11-22)15-24(27)30-17-21-14-23(26)25(16-21)13-12-19-6-4-3-5-7-19/h3-11,18,21H,12-17H2,1-2H3. The maximum atomic E-state index is 12.2. The minimum atomic E-state index is -3.33. The average molecular weight is 444 g/mol. The van der Waals surface area contributed by atoms with Crippen LogP contribution in [0.3, 0.4) is 0 Å². The second-order valence-electron chi connectivity index (χ2n) is 8.24. The van der Waals surface area contributed by atoms with E-state index in [2.05, 4.69) is 0 Å². The maximum absolute atomic E-state index is 12.2. The third kappa shape index (κ3) is 6.17. The highest BCUT2D eigenvalue weighted by Crippen LogP contribution is 2.20. The van der Waals surface area contributed by atoms with Crippen LogP contribution in [0.5, 0.6) is 0 Å². The van der Waals surface area contributed by atoms with Crippen LogP contribution in [0.25, 0.3) is 0 Å². The van der Waals surface area contributed by atoms with Crippen LogP contribution in [0, 0.1) is 5.92 Å². The lowest BCUT2D eigenvalue weighted by Crippen LogP contribution is -2.28. The Hall–Kier alpha value is -2.67. The van der Waals surface area contributed by atoms with Gasteiger partial charge in [-0.3, -0.25) is 9.59 Å². The molecule has 1 aliphatic rings. The van der Waals surface area contributed by atoms with E-state index < -0.39 is 15.1 Å². The van der Waals surface area contributed by atoms with Crippen molar-refractivity contribution >= 4 is 21.7 Å². The predicted octanol–water partition coefficient (Wildman–Crippen LogP) is 3.05. The molecule has 166 valence electrons. The Morgan fingerprint density at radius 2 is 1.74 bits per heavy atom. The molecule has 0 saturated carbocycles. The fourth-order valence-electron chi connectivity index (χ4n) is 3.59. The van der Waals surface area contributed by atoms with Gasteiger partial charge in [-0.25, -0.2) is 8.42 Å². The van der Waals surface area contributed by atoms with Crippen molar-refractivity contribution in [1.29, 1.82) is 0 Å². The number of rotatable bonds is 9. The molecule has 1 heterocycles. The van der Waals surface area contributed by atoms with Gasteiger partial charge in [0.1, 0.15) is 0 Å². The van der Waals surface area contributed by atoms with E-state index in [4.69, 9.17) is 4.74 Å². The zero-order chi connectivity index (χ0) is 22.4. The molecule has 1 unspecified atom stereocenters. The summed E-state index contributed by atoms with van der Waals surface area (Å²) in [7, 11) is -3.33. The SMILES string of the molecule is CC(C)S(=O)(=O)c1ccc(CC(=O)OCC2CC(=O)N(CCc3ccccc3)C2)cc1. The van der Waals surface area contributed by atoms with E-state index in [1.54, 1.807) is 26.0 Å². The molecule has 1 saturated heterocycles. The summed E-state index contributed by atoms with van der Waals surface area (Å²) in [5, 5.41) is -0.496. The van der Waals surface area contributed by atoms with E-state index >= 15 is 0 Å². The molecule has 0 spiro atoms. The molecule has 7 heteroatoms. The molecule has 6 nitrogen and oxygen atoms in total. The molecular weight excluding hydrogens is 414 g/mol. The number of benzene rings is 2. The van der Waals surface area contributed by atoms with Crippen molar-refractivity contribution in [1.82, 2.24) is 4.90 Å². The van der Waals surface area contributed by atoms with Crippen molar-refractivity contribution in [3.63, 3.8) is 0 Å². The lowest BCUT2D eigenvalue weighted by atomic mass is 10.1. The molecule has 2 aromatic rings.